The number of aromatic nitrogens is 3. The molecule has 0 unspecified atom stereocenters. The van der Waals surface area contributed by atoms with Gasteiger partial charge in [-0.3, -0.25) is 4.98 Å². The molecule has 19 heavy (non-hydrogen) atoms. The molecule has 4 nitrogen and oxygen atoms in total. The molecule has 1 N–H and O–H groups in total. The summed E-state index contributed by atoms with van der Waals surface area (Å²) in [4.78, 5) is 13.2. The van der Waals surface area contributed by atoms with E-state index in [9.17, 15) is 0 Å². The number of halogens is 1. The van der Waals surface area contributed by atoms with E-state index in [1.54, 1.807) is 0 Å². The standard InChI is InChI=1S/C14H11IN4/c1-16-14-12(15)8-18-13(19-14)11-7-17-6-9-4-2-3-5-10(9)11/h2-8H,1H3,(H,16,18,19). The normalized spacial score (nSPS) is 10.6. The summed E-state index contributed by atoms with van der Waals surface area (Å²) in [5.74, 6) is 1.52. The fourth-order valence-electron chi connectivity index (χ4n) is 1.97. The molecule has 3 aromatic rings. The summed E-state index contributed by atoms with van der Waals surface area (Å²) >= 11 is 2.21. The lowest BCUT2D eigenvalue weighted by molar-refractivity contribution is 1.15. The number of nitrogens with zero attached hydrogens (tertiary/aromatic N) is 3. The summed E-state index contributed by atoms with van der Waals surface area (Å²) in [5, 5.41) is 5.28. The lowest BCUT2D eigenvalue weighted by Gasteiger charge is -2.07. The van der Waals surface area contributed by atoms with E-state index >= 15 is 0 Å². The molecule has 2 aromatic heterocycles. The van der Waals surface area contributed by atoms with Crippen molar-refractivity contribution < 1.29 is 0 Å². The van der Waals surface area contributed by atoms with Crippen molar-refractivity contribution >= 4 is 39.2 Å². The molecular formula is C14H11IN4. The van der Waals surface area contributed by atoms with Gasteiger partial charge in [-0.15, -0.1) is 0 Å². The molecule has 0 fully saturated rings. The minimum absolute atomic E-state index is 0.689. The van der Waals surface area contributed by atoms with Crippen molar-refractivity contribution in [2.45, 2.75) is 0 Å². The molecule has 3 rings (SSSR count). The predicted octanol–water partition coefficient (Wildman–Crippen LogP) is 3.34. The van der Waals surface area contributed by atoms with Gasteiger partial charge in [0, 0.05) is 36.6 Å². The van der Waals surface area contributed by atoms with Crippen molar-refractivity contribution in [3.63, 3.8) is 0 Å². The Balaban J connectivity index is 2.24. The zero-order valence-electron chi connectivity index (χ0n) is 10.3. The van der Waals surface area contributed by atoms with Crippen LogP contribution in [0, 0.1) is 3.57 Å². The van der Waals surface area contributed by atoms with Gasteiger partial charge in [-0.05, 0) is 28.0 Å². The number of hydrogen-bond donors (Lipinski definition) is 1. The van der Waals surface area contributed by atoms with Gasteiger partial charge in [-0.1, -0.05) is 24.3 Å². The van der Waals surface area contributed by atoms with E-state index in [1.807, 2.05) is 43.8 Å². The minimum Gasteiger partial charge on any atom is -0.372 e. The molecule has 0 atom stereocenters. The first-order valence-electron chi connectivity index (χ1n) is 5.83. The minimum atomic E-state index is 0.689. The van der Waals surface area contributed by atoms with Gasteiger partial charge in [0.1, 0.15) is 5.82 Å². The van der Waals surface area contributed by atoms with Crippen LogP contribution in [0.4, 0.5) is 5.82 Å². The Labute approximate surface area is 124 Å². The van der Waals surface area contributed by atoms with E-state index < -0.39 is 0 Å². The van der Waals surface area contributed by atoms with E-state index in [0.717, 1.165) is 25.7 Å². The maximum absolute atomic E-state index is 4.54. The Morgan fingerprint density at radius 3 is 2.79 bits per heavy atom. The monoisotopic (exact) mass is 362 g/mol. The molecule has 0 saturated heterocycles. The Kier molecular flexibility index (Phi) is 3.29. The Hall–Kier alpha value is -1.76. The number of fused-ring (bicyclic) bond motifs is 1. The molecular weight excluding hydrogens is 351 g/mol. The van der Waals surface area contributed by atoms with Gasteiger partial charge in [-0.2, -0.15) is 0 Å². The number of rotatable bonds is 2. The summed E-state index contributed by atoms with van der Waals surface area (Å²) in [6.07, 6.45) is 5.48. The molecule has 0 saturated carbocycles. The Bertz CT molecular complexity index is 737. The SMILES string of the molecule is CNc1nc(-c2cncc3ccccc23)ncc1I. The molecule has 0 aliphatic carbocycles. The van der Waals surface area contributed by atoms with Crippen LogP contribution in [0.3, 0.4) is 0 Å². The van der Waals surface area contributed by atoms with Gasteiger partial charge in [-0.25, -0.2) is 9.97 Å². The summed E-state index contributed by atoms with van der Waals surface area (Å²) in [6.45, 7) is 0. The molecule has 0 aliphatic heterocycles. The largest absolute Gasteiger partial charge is 0.372 e. The average Bonchev–Trinajstić information content (AvgIpc) is 2.47. The van der Waals surface area contributed by atoms with E-state index in [0.29, 0.717) is 5.82 Å². The highest BCUT2D eigenvalue weighted by Gasteiger charge is 2.09. The second kappa shape index (κ2) is 5.08. The highest BCUT2D eigenvalue weighted by atomic mass is 127. The van der Waals surface area contributed by atoms with Crippen LogP contribution in [0.25, 0.3) is 22.2 Å². The second-order valence-electron chi connectivity index (χ2n) is 4.05. The zero-order chi connectivity index (χ0) is 13.2. The smallest absolute Gasteiger partial charge is 0.163 e. The summed E-state index contributed by atoms with van der Waals surface area (Å²) in [5.41, 5.74) is 0.950. The van der Waals surface area contributed by atoms with Gasteiger partial charge in [0.15, 0.2) is 5.82 Å². The Morgan fingerprint density at radius 1 is 1.11 bits per heavy atom. The Morgan fingerprint density at radius 2 is 1.95 bits per heavy atom. The van der Waals surface area contributed by atoms with Crippen LogP contribution in [-0.2, 0) is 0 Å². The van der Waals surface area contributed by atoms with E-state index in [-0.39, 0.29) is 0 Å². The van der Waals surface area contributed by atoms with Crippen LogP contribution < -0.4 is 5.32 Å². The quantitative estimate of drug-likeness (QED) is 0.711. The van der Waals surface area contributed by atoms with Gasteiger partial charge >= 0.3 is 0 Å². The zero-order valence-corrected chi connectivity index (χ0v) is 12.4. The van der Waals surface area contributed by atoms with Crippen molar-refractivity contribution in [3.05, 3.63) is 46.4 Å². The number of pyridine rings is 1. The maximum atomic E-state index is 4.54. The predicted molar refractivity (Wildman–Crippen MR) is 85.0 cm³/mol. The summed E-state index contributed by atoms with van der Waals surface area (Å²) < 4.78 is 0.997. The van der Waals surface area contributed by atoms with Gasteiger partial charge < -0.3 is 5.32 Å². The van der Waals surface area contributed by atoms with E-state index in [2.05, 4.69) is 48.9 Å². The fourth-order valence-corrected chi connectivity index (χ4v) is 2.50. The number of hydrogen-bond acceptors (Lipinski definition) is 4. The first-order valence-corrected chi connectivity index (χ1v) is 6.91. The van der Waals surface area contributed by atoms with Crippen molar-refractivity contribution in [2.75, 3.05) is 12.4 Å². The fraction of sp³-hybridized carbons (Fsp3) is 0.0714. The van der Waals surface area contributed by atoms with Gasteiger partial charge in [0.2, 0.25) is 0 Å². The lowest BCUT2D eigenvalue weighted by atomic mass is 10.1. The van der Waals surface area contributed by atoms with Crippen molar-refractivity contribution in [1.82, 2.24) is 15.0 Å². The van der Waals surface area contributed by atoms with Crippen molar-refractivity contribution in [3.8, 4) is 11.4 Å². The molecule has 1 aromatic carbocycles. The molecule has 0 amide bonds. The molecule has 0 aliphatic rings. The average molecular weight is 362 g/mol. The second-order valence-corrected chi connectivity index (χ2v) is 5.21. The van der Waals surface area contributed by atoms with Gasteiger partial charge in [0.25, 0.3) is 0 Å². The van der Waals surface area contributed by atoms with Crippen LogP contribution in [0.2, 0.25) is 0 Å². The molecule has 0 spiro atoms. The van der Waals surface area contributed by atoms with Crippen molar-refractivity contribution in [2.24, 2.45) is 0 Å². The van der Waals surface area contributed by atoms with Crippen LogP contribution >= 0.6 is 22.6 Å². The van der Waals surface area contributed by atoms with E-state index in [1.165, 1.54) is 0 Å². The third-order valence-corrected chi connectivity index (χ3v) is 3.68. The van der Waals surface area contributed by atoms with Crippen LogP contribution in [0.1, 0.15) is 0 Å². The molecule has 2 heterocycles. The topological polar surface area (TPSA) is 50.7 Å². The van der Waals surface area contributed by atoms with Crippen LogP contribution in [0.5, 0.6) is 0 Å². The first-order chi connectivity index (χ1) is 9.29. The number of anilines is 1. The van der Waals surface area contributed by atoms with Crippen LogP contribution in [-0.4, -0.2) is 22.0 Å². The third-order valence-electron chi connectivity index (χ3n) is 2.89. The maximum Gasteiger partial charge on any atom is 0.163 e. The highest BCUT2D eigenvalue weighted by Crippen LogP contribution is 2.26. The number of nitrogens with one attached hydrogen (secondary N) is 1. The summed E-state index contributed by atoms with van der Waals surface area (Å²) in [6, 6.07) is 8.11. The third kappa shape index (κ3) is 2.25. The number of benzene rings is 1. The lowest BCUT2D eigenvalue weighted by Crippen LogP contribution is -1.99. The van der Waals surface area contributed by atoms with E-state index in [4.69, 9.17) is 0 Å². The molecule has 0 bridgehead atoms. The summed E-state index contributed by atoms with van der Waals surface area (Å²) in [7, 11) is 1.86. The highest BCUT2D eigenvalue weighted by molar-refractivity contribution is 14.1. The molecule has 0 radical (unpaired) electrons. The van der Waals surface area contributed by atoms with Gasteiger partial charge in [0.05, 0.1) is 3.57 Å². The van der Waals surface area contributed by atoms with Crippen molar-refractivity contribution in [1.29, 1.82) is 0 Å². The molecule has 5 heteroatoms. The van der Waals surface area contributed by atoms with Crippen LogP contribution in [0.15, 0.2) is 42.9 Å². The molecule has 94 valence electrons. The first kappa shape index (κ1) is 12.3.